The van der Waals surface area contributed by atoms with Crippen molar-refractivity contribution in [3.8, 4) is 0 Å². The summed E-state index contributed by atoms with van der Waals surface area (Å²) in [6.45, 7) is 11.8. The zero-order valence-electron chi connectivity index (χ0n) is 11.4. The van der Waals surface area contributed by atoms with Gasteiger partial charge in [-0.1, -0.05) is 79.8 Å². The molecule has 1 aromatic rings. The highest BCUT2D eigenvalue weighted by molar-refractivity contribution is 5.45. The van der Waals surface area contributed by atoms with Crippen LogP contribution in [0.25, 0.3) is 6.08 Å². The van der Waals surface area contributed by atoms with E-state index in [2.05, 4.69) is 45.2 Å². The smallest absolute Gasteiger partial charge is 0.00702 e. The van der Waals surface area contributed by atoms with Crippen molar-refractivity contribution in [3.05, 3.63) is 78.9 Å². The Morgan fingerprint density at radius 2 is 1.83 bits per heavy atom. The number of hydrogen-bond acceptors (Lipinski definition) is 0. The minimum atomic E-state index is 0.207. The Kier molecular flexibility index (Phi) is 5.38. The normalized spacial score (nSPS) is 21.3. The van der Waals surface area contributed by atoms with Crippen molar-refractivity contribution in [3.63, 3.8) is 0 Å². The molecule has 1 unspecified atom stereocenters. The molecule has 0 heterocycles. The van der Waals surface area contributed by atoms with Gasteiger partial charge < -0.3 is 0 Å². The molecule has 0 aliphatic heterocycles. The molecule has 0 aromatic heterocycles. The summed E-state index contributed by atoms with van der Waals surface area (Å²) < 4.78 is 0. The van der Waals surface area contributed by atoms with Crippen molar-refractivity contribution in [1.29, 1.82) is 0 Å². The van der Waals surface area contributed by atoms with Gasteiger partial charge in [0.05, 0.1) is 0 Å². The Morgan fingerprint density at radius 3 is 2.22 bits per heavy atom. The predicted molar refractivity (Wildman–Crippen MR) is 82.4 cm³/mol. The molecule has 0 spiro atoms. The topological polar surface area (TPSA) is 0 Å². The Labute approximate surface area is 111 Å². The highest BCUT2D eigenvalue weighted by atomic mass is 14.2. The summed E-state index contributed by atoms with van der Waals surface area (Å²) in [5.74, 6) is 0. The van der Waals surface area contributed by atoms with Crippen LogP contribution in [0.3, 0.4) is 0 Å². The molecule has 94 valence electrons. The van der Waals surface area contributed by atoms with Crippen LogP contribution in [0.4, 0.5) is 0 Å². The molecule has 0 nitrogen and oxygen atoms in total. The zero-order chi connectivity index (χ0) is 13.4. The second-order valence-corrected chi connectivity index (χ2v) is 4.87. The van der Waals surface area contributed by atoms with E-state index in [1.165, 1.54) is 11.1 Å². The fourth-order valence-electron chi connectivity index (χ4n) is 1.88. The minimum absolute atomic E-state index is 0.207. The third-order valence-electron chi connectivity index (χ3n) is 3.02. The second-order valence-electron chi connectivity index (χ2n) is 4.87. The largest absolute Gasteiger partial charge is 0.102 e. The maximum absolute atomic E-state index is 3.81. The molecule has 0 saturated heterocycles. The summed E-state index contributed by atoms with van der Waals surface area (Å²) in [5.41, 5.74) is 2.82. The summed E-state index contributed by atoms with van der Waals surface area (Å²) in [6.07, 6.45) is 11.4. The molecule has 0 N–H and O–H groups in total. The van der Waals surface area contributed by atoms with Gasteiger partial charge in [0, 0.05) is 5.41 Å². The van der Waals surface area contributed by atoms with E-state index in [4.69, 9.17) is 0 Å². The number of rotatable bonds is 2. The monoisotopic (exact) mass is 238 g/mol. The number of allylic oxidation sites excluding steroid dienone is 5. The first-order valence-electron chi connectivity index (χ1n) is 6.26. The van der Waals surface area contributed by atoms with Crippen LogP contribution in [0.5, 0.6) is 0 Å². The van der Waals surface area contributed by atoms with Crippen molar-refractivity contribution < 1.29 is 0 Å². The molecule has 0 radical (unpaired) electrons. The molecule has 1 aromatic carbocycles. The zero-order valence-corrected chi connectivity index (χ0v) is 11.4. The van der Waals surface area contributed by atoms with Crippen molar-refractivity contribution in [2.45, 2.75) is 20.3 Å². The van der Waals surface area contributed by atoms with E-state index in [0.717, 1.165) is 6.42 Å². The SMILES string of the molecule is C=CC1(C)C=CC=C(C)C1.C=Cc1ccccc1. The molecule has 18 heavy (non-hydrogen) atoms. The average molecular weight is 238 g/mol. The third-order valence-corrected chi connectivity index (χ3v) is 3.02. The van der Waals surface area contributed by atoms with Gasteiger partial charge in [0.15, 0.2) is 0 Å². The van der Waals surface area contributed by atoms with Gasteiger partial charge in [-0.05, 0) is 18.9 Å². The van der Waals surface area contributed by atoms with Crippen LogP contribution >= 0.6 is 0 Å². The molecular weight excluding hydrogens is 216 g/mol. The average Bonchev–Trinajstić information content (AvgIpc) is 2.40. The maximum atomic E-state index is 3.81. The minimum Gasteiger partial charge on any atom is -0.102 e. The lowest BCUT2D eigenvalue weighted by atomic mass is 9.81. The van der Waals surface area contributed by atoms with E-state index in [-0.39, 0.29) is 5.41 Å². The predicted octanol–water partition coefficient (Wildman–Crippen LogP) is 5.41. The molecule has 0 saturated carbocycles. The van der Waals surface area contributed by atoms with Gasteiger partial charge in [0.1, 0.15) is 0 Å². The Morgan fingerprint density at radius 1 is 1.17 bits per heavy atom. The fourth-order valence-corrected chi connectivity index (χ4v) is 1.88. The lowest BCUT2D eigenvalue weighted by Gasteiger charge is -2.24. The molecular formula is C18H22. The Balaban J connectivity index is 0.000000184. The van der Waals surface area contributed by atoms with Gasteiger partial charge in [-0.15, -0.1) is 6.58 Å². The molecule has 1 atom stereocenters. The first kappa shape index (κ1) is 14.2. The van der Waals surface area contributed by atoms with E-state index in [0.29, 0.717) is 0 Å². The highest BCUT2D eigenvalue weighted by Crippen LogP contribution is 2.31. The maximum Gasteiger partial charge on any atom is 0.00702 e. The van der Waals surface area contributed by atoms with Gasteiger partial charge in [-0.3, -0.25) is 0 Å². The highest BCUT2D eigenvalue weighted by Gasteiger charge is 2.18. The van der Waals surface area contributed by atoms with Gasteiger partial charge in [-0.25, -0.2) is 0 Å². The standard InChI is InChI=1S/C10H14.C8H8/c1-4-10(3)7-5-6-9(2)8-10;1-2-8-6-4-3-5-7-8/h4-7H,1,8H2,2-3H3;2-7H,1H2. The van der Waals surface area contributed by atoms with Gasteiger partial charge in [0.25, 0.3) is 0 Å². The van der Waals surface area contributed by atoms with E-state index in [1.807, 2.05) is 42.5 Å². The molecule has 1 aliphatic rings. The van der Waals surface area contributed by atoms with Crippen LogP contribution in [0.15, 0.2) is 73.4 Å². The van der Waals surface area contributed by atoms with Crippen LogP contribution < -0.4 is 0 Å². The first-order chi connectivity index (χ1) is 8.59. The summed E-state index contributed by atoms with van der Waals surface area (Å²) in [4.78, 5) is 0. The van der Waals surface area contributed by atoms with Crippen molar-refractivity contribution in [2.24, 2.45) is 5.41 Å². The van der Waals surface area contributed by atoms with Crippen LogP contribution in [0, 0.1) is 5.41 Å². The van der Waals surface area contributed by atoms with E-state index >= 15 is 0 Å². The summed E-state index contributed by atoms with van der Waals surface area (Å²) in [5, 5.41) is 0. The van der Waals surface area contributed by atoms with Crippen LogP contribution in [-0.4, -0.2) is 0 Å². The Hall–Kier alpha value is -1.82. The van der Waals surface area contributed by atoms with Gasteiger partial charge >= 0.3 is 0 Å². The molecule has 0 bridgehead atoms. The number of hydrogen-bond donors (Lipinski definition) is 0. The lowest BCUT2D eigenvalue weighted by molar-refractivity contribution is 0.540. The van der Waals surface area contributed by atoms with E-state index in [1.54, 1.807) is 0 Å². The van der Waals surface area contributed by atoms with Gasteiger partial charge in [0.2, 0.25) is 0 Å². The van der Waals surface area contributed by atoms with Crippen LogP contribution in [0.2, 0.25) is 0 Å². The molecule has 2 rings (SSSR count). The molecule has 0 fully saturated rings. The molecule has 0 amide bonds. The van der Waals surface area contributed by atoms with Crippen LogP contribution in [0.1, 0.15) is 25.8 Å². The first-order valence-corrected chi connectivity index (χ1v) is 6.26. The fraction of sp³-hybridized carbons (Fsp3) is 0.222. The quantitative estimate of drug-likeness (QED) is 0.604. The van der Waals surface area contributed by atoms with Gasteiger partial charge in [-0.2, -0.15) is 0 Å². The summed E-state index contributed by atoms with van der Waals surface area (Å²) in [6, 6.07) is 10.0. The molecule has 1 aliphatic carbocycles. The van der Waals surface area contributed by atoms with E-state index < -0.39 is 0 Å². The third kappa shape index (κ3) is 4.58. The second kappa shape index (κ2) is 6.80. The van der Waals surface area contributed by atoms with E-state index in [9.17, 15) is 0 Å². The summed E-state index contributed by atoms with van der Waals surface area (Å²) in [7, 11) is 0. The van der Waals surface area contributed by atoms with Crippen molar-refractivity contribution >= 4 is 6.08 Å². The van der Waals surface area contributed by atoms with Crippen molar-refractivity contribution in [2.75, 3.05) is 0 Å². The van der Waals surface area contributed by atoms with Crippen LogP contribution in [-0.2, 0) is 0 Å². The Bertz CT molecular complexity index is 448. The summed E-state index contributed by atoms with van der Waals surface area (Å²) >= 11 is 0. The molecule has 0 heteroatoms. The lowest BCUT2D eigenvalue weighted by Crippen LogP contribution is -2.11. The number of benzene rings is 1. The van der Waals surface area contributed by atoms with Crippen molar-refractivity contribution in [1.82, 2.24) is 0 Å².